The van der Waals surface area contributed by atoms with Crippen LogP contribution in [-0.2, 0) is 0 Å². The van der Waals surface area contributed by atoms with E-state index in [0.29, 0.717) is 20.5 Å². The minimum absolute atomic E-state index is 0.109. The Morgan fingerprint density at radius 3 is 2.64 bits per heavy atom. The zero-order chi connectivity index (χ0) is 18.0. The van der Waals surface area contributed by atoms with Crippen molar-refractivity contribution < 1.29 is 9.50 Å². The molecule has 0 amide bonds. The summed E-state index contributed by atoms with van der Waals surface area (Å²) in [6, 6.07) is 9.47. The number of aryl methyl sites for hydroxylation is 1. The van der Waals surface area contributed by atoms with Crippen LogP contribution in [0.5, 0.6) is 5.75 Å². The van der Waals surface area contributed by atoms with Crippen molar-refractivity contribution in [3.63, 3.8) is 0 Å². The van der Waals surface area contributed by atoms with Crippen LogP contribution >= 0.6 is 43.2 Å². The van der Waals surface area contributed by atoms with Gasteiger partial charge < -0.3 is 5.11 Å². The summed E-state index contributed by atoms with van der Waals surface area (Å²) < 4.78 is 16.1. The maximum Gasteiger partial charge on any atom is 0.211 e. The van der Waals surface area contributed by atoms with Gasteiger partial charge in [-0.1, -0.05) is 15.9 Å². The van der Waals surface area contributed by atoms with Crippen LogP contribution in [0, 0.1) is 12.7 Å². The summed E-state index contributed by atoms with van der Waals surface area (Å²) in [7, 11) is 0. The Morgan fingerprint density at radius 2 is 1.92 bits per heavy atom. The maximum atomic E-state index is 13.0. The topological polar surface area (TPSA) is 49.9 Å². The summed E-state index contributed by atoms with van der Waals surface area (Å²) in [6.45, 7) is 1.91. The highest BCUT2D eigenvalue weighted by Crippen LogP contribution is 2.30. The fourth-order valence-corrected chi connectivity index (χ4v) is 4.12. The van der Waals surface area contributed by atoms with Crippen molar-refractivity contribution in [3.05, 3.63) is 72.6 Å². The van der Waals surface area contributed by atoms with Crippen LogP contribution in [-0.4, -0.2) is 16.0 Å². The average molecular weight is 485 g/mol. The molecule has 0 aliphatic heterocycles. The SMILES string of the molecule is Cc1csc(=Nc2ccc(F)cc2)n1N=Cc1cc(Br)cc(Br)c1O. The van der Waals surface area contributed by atoms with Crippen LogP contribution < -0.4 is 4.80 Å². The van der Waals surface area contributed by atoms with Gasteiger partial charge in [-0.05, 0) is 59.3 Å². The van der Waals surface area contributed by atoms with Crippen molar-refractivity contribution in [3.8, 4) is 5.75 Å². The zero-order valence-corrected chi connectivity index (χ0v) is 16.9. The van der Waals surface area contributed by atoms with E-state index in [-0.39, 0.29) is 11.6 Å². The van der Waals surface area contributed by atoms with Gasteiger partial charge in [0.1, 0.15) is 11.6 Å². The lowest BCUT2D eigenvalue weighted by Crippen LogP contribution is -2.11. The molecule has 3 rings (SSSR count). The molecule has 0 aliphatic carbocycles. The lowest BCUT2D eigenvalue weighted by molar-refractivity contribution is 0.471. The van der Waals surface area contributed by atoms with Gasteiger partial charge in [0.25, 0.3) is 0 Å². The highest BCUT2D eigenvalue weighted by atomic mass is 79.9. The van der Waals surface area contributed by atoms with E-state index in [0.717, 1.165) is 10.2 Å². The van der Waals surface area contributed by atoms with E-state index in [4.69, 9.17) is 0 Å². The van der Waals surface area contributed by atoms with Gasteiger partial charge in [0.2, 0.25) is 4.80 Å². The molecular weight excluding hydrogens is 473 g/mol. The summed E-state index contributed by atoms with van der Waals surface area (Å²) in [5, 5.41) is 16.5. The van der Waals surface area contributed by atoms with Gasteiger partial charge in [0, 0.05) is 15.4 Å². The monoisotopic (exact) mass is 483 g/mol. The molecule has 0 fully saturated rings. The van der Waals surface area contributed by atoms with Crippen molar-refractivity contribution in [2.24, 2.45) is 10.1 Å². The predicted molar refractivity (Wildman–Crippen MR) is 105 cm³/mol. The van der Waals surface area contributed by atoms with Gasteiger partial charge in [-0.25, -0.2) is 14.1 Å². The minimum atomic E-state index is -0.303. The average Bonchev–Trinajstić information content (AvgIpc) is 2.91. The molecule has 3 aromatic rings. The second kappa shape index (κ2) is 7.63. The smallest absolute Gasteiger partial charge is 0.211 e. The number of phenols is 1. The number of nitrogens with zero attached hydrogens (tertiary/aromatic N) is 3. The molecule has 0 radical (unpaired) electrons. The summed E-state index contributed by atoms with van der Waals surface area (Å²) in [6.07, 6.45) is 1.56. The number of aromatic hydroxyl groups is 1. The molecule has 0 unspecified atom stereocenters. The normalized spacial score (nSPS) is 12.2. The van der Waals surface area contributed by atoms with E-state index in [1.807, 2.05) is 12.3 Å². The summed E-state index contributed by atoms with van der Waals surface area (Å²) in [5.74, 6) is -0.194. The Balaban J connectivity index is 2.02. The molecule has 4 nitrogen and oxygen atoms in total. The van der Waals surface area contributed by atoms with E-state index >= 15 is 0 Å². The predicted octanol–water partition coefficient (Wildman–Crippen LogP) is 5.34. The van der Waals surface area contributed by atoms with Crippen LogP contribution in [0.1, 0.15) is 11.3 Å². The third kappa shape index (κ3) is 4.26. The standard InChI is InChI=1S/C17H12Br2FN3OS/c1-10-9-25-17(22-14-4-2-13(20)3-5-14)23(10)21-8-11-6-12(18)7-15(19)16(11)24/h2-9,24H,1H3. The second-order valence-electron chi connectivity index (χ2n) is 5.13. The molecule has 25 heavy (non-hydrogen) atoms. The van der Waals surface area contributed by atoms with Crippen molar-refractivity contribution in [1.82, 2.24) is 4.68 Å². The lowest BCUT2D eigenvalue weighted by atomic mass is 10.2. The molecule has 2 aromatic carbocycles. The highest BCUT2D eigenvalue weighted by molar-refractivity contribution is 9.11. The van der Waals surface area contributed by atoms with E-state index in [9.17, 15) is 9.50 Å². The first-order chi connectivity index (χ1) is 11.9. The zero-order valence-electron chi connectivity index (χ0n) is 12.9. The number of benzene rings is 2. The van der Waals surface area contributed by atoms with Gasteiger partial charge in [0.05, 0.1) is 22.1 Å². The molecule has 8 heteroatoms. The summed E-state index contributed by atoms with van der Waals surface area (Å²) in [4.78, 5) is 5.14. The number of aromatic nitrogens is 1. The van der Waals surface area contributed by atoms with Gasteiger partial charge in [0.15, 0.2) is 0 Å². The molecule has 0 saturated heterocycles. The highest BCUT2D eigenvalue weighted by Gasteiger charge is 2.06. The Hall–Kier alpha value is -1.77. The van der Waals surface area contributed by atoms with E-state index in [1.54, 1.807) is 35.2 Å². The number of phenolic OH excluding ortho intramolecular Hbond substituents is 1. The Bertz CT molecular complexity index is 1010. The Labute approximate surface area is 164 Å². The van der Waals surface area contributed by atoms with Crippen LogP contribution in [0.2, 0.25) is 0 Å². The van der Waals surface area contributed by atoms with Gasteiger partial charge in [-0.2, -0.15) is 5.10 Å². The Morgan fingerprint density at radius 1 is 1.20 bits per heavy atom. The summed E-state index contributed by atoms with van der Waals surface area (Å²) in [5.41, 5.74) is 2.10. The number of halogens is 3. The first-order valence-electron chi connectivity index (χ1n) is 7.14. The first-order valence-corrected chi connectivity index (χ1v) is 9.60. The van der Waals surface area contributed by atoms with E-state index in [1.165, 1.54) is 23.5 Å². The van der Waals surface area contributed by atoms with Crippen LogP contribution in [0.4, 0.5) is 10.1 Å². The maximum absolute atomic E-state index is 13.0. The first kappa shape index (κ1) is 18.0. The van der Waals surface area contributed by atoms with Gasteiger partial charge >= 0.3 is 0 Å². The molecule has 0 atom stereocenters. The minimum Gasteiger partial charge on any atom is -0.506 e. The third-order valence-electron chi connectivity index (χ3n) is 3.27. The van der Waals surface area contributed by atoms with Crippen LogP contribution in [0.15, 0.2) is 60.8 Å². The van der Waals surface area contributed by atoms with Gasteiger partial charge in [-0.15, -0.1) is 11.3 Å². The van der Waals surface area contributed by atoms with Crippen LogP contribution in [0.3, 0.4) is 0 Å². The van der Waals surface area contributed by atoms with Crippen molar-refractivity contribution in [1.29, 1.82) is 0 Å². The largest absolute Gasteiger partial charge is 0.506 e. The fourth-order valence-electron chi connectivity index (χ4n) is 2.03. The molecule has 1 heterocycles. The number of thiazole rings is 1. The third-order valence-corrected chi connectivity index (χ3v) is 5.27. The molecule has 0 aliphatic rings. The summed E-state index contributed by atoms with van der Waals surface area (Å²) >= 11 is 8.12. The molecule has 0 saturated carbocycles. The van der Waals surface area contributed by atoms with E-state index < -0.39 is 0 Å². The quantitative estimate of drug-likeness (QED) is 0.501. The van der Waals surface area contributed by atoms with E-state index in [2.05, 4.69) is 42.0 Å². The number of rotatable bonds is 3. The molecule has 1 aromatic heterocycles. The Kier molecular flexibility index (Phi) is 5.51. The molecular formula is C17H12Br2FN3OS. The van der Waals surface area contributed by atoms with Crippen molar-refractivity contribution in [2.75, 3.05) is 0 Å². The van der Waals surface area contributed by atoms with Gasteiger partial charge in [-0.3, -0.25) is 0 Å². The molecule has 0 bridgehead atoms. The molecule has 1 N–H and O–H groups in total. The van der Waals surface area contributed by atoms with Crippen molar-refractivity contribution in [2.45, 2.75) is 6.92 Å². The van der Waals surface area contributed by atoms with Crippen molar-refractivity contribution >= 4 is 55.1 Å². The second-order valence-corrected chi connectivity index (χ2v) is 7.74. The van der Waals surface area contributed by atoms with Crippen LogP contribution in [0.25, 0.3) is 0 Å². The molecule has 128 valence electrons. The number of hydrogen-bond acceptors (Lipinski definition) is 4. The fraction of sp³-hybridized carbons (Fsp3) is 0.0588. The number of hydrogen-bond donors (Lipinski definition) is 1. The molecule has 0 spiro atoms. The lowest BCUT2D eigenvalue weighted by Gasteiger charge is -2.03.